The summed E-state index contributed by atoms with van der Waals surface area (Å²) in [5, 5.41) is 20.9. The van der Waals surface area contributed by atoms with Crippen LogP contribution in [-0.2, 0) is 31.6 Å². The SMILES string of the molecule is Nc1ccn([C@@H]2O[C@](CF)(COP(=O)(O)OP(=O)(O)OP(=O)(O)O)C(O)[C@]2(O)CF)c(=O)n1. The van der Waals surface area contributed by atoms with Crippen LogP contribution in [0.1, 0.15) is 6.23 Å². The van der Waals surface area contributed by atoms with E-state index in [1.807, 2.05) is 0 Å². The van der Waals surface area contributed by atoms with Gasteiger partial charge >= 0.3 is 29.2 Å². The topological polar surface area (TPSA) is 270 Å². The van der Waals surface area contributed by atoms with E-state index in [9.17, 15) is 42.4 Å². The van der Waals surface area contributed by atoms with Crippen LogP contribution in [0, 0.1) is 0 Å². The van der Waals surface area contributed by atoms with Crippen molar-refractivity contribution in [3.63, 3.8) is 0 Å². The molecule has 2 heterocycles. The summed E-state index contributed by atoms with van der Waals surface area (Å²) in [5.41, 5.74) is -1.81. The molecule has 6 atom stereocenters. The fourth-order valence-corrected chi connectivity index (χ4v) is 5.85. The molecule has 0 saturated carbocycles. The van der Waals surface area contributed by atoms with E-state index in [1.54, 1.807) is 0 Å². The zero-order valence-corrected chi connectivity index (χ0v) is 18.6. The molecule has 0 amide bonds. The molecule has 190 valence electrons. The number of hydrogen-bond acceptors (Lipinski definition) is 12. The second-order valence-corrected chi connectivity index (χ2v) is 11.0. The molecule has 3 unspecified atom stereocenters. The molecular formula is C11H18F2N3O14P3. The fourth-order valence-electron chi connectivity index (χ4n) is 2.77. The van der Waals surface area contributed by atoms with Gasteiger partial charge in [-0.3, -0.25) is 9.09 Å². The number of anilines is 1. The van der Waals surface area contributed by atoms with Gasteiger partial charge in [-0.15, -0.1) is 0 Å². The lowest BCUT2D eigenvalue weighted by atomic mass is 9.88. The summed E-state index contributed by atoms with van der Waals surface area (Å²) in [5.74, 6) is -0.289. The summed E-state index contributed by atoms with van der Waals surface area (Å²) >= 11 is 0. The van der Waals surface area contributed by atoms with Crippen LogP contribution in [0.2, 0.25) is 0 Å². The van der Waals surface area contributed by atoms with E-state index in [2.05, 4.69) is 18.1 Å². The number of phosphoric ester groups is 1. The van der Waals surface area contributed by atoms with Gasteiger partial charge in [0.25, 0.3) is 0 Å². The number of nitrogens with zero attached hydrogens (tertiary/aromatic N) is 2. The molecule has 0 radical (unpaired) electrons. The highest BCUT2D eigenvalue weighted by molar-refractivity contribution is 7.66. The first-order valence-electron chi connectivity index (χ1n) is 8.23. The van der Waals surface area contributed by atoms with Gasteiger partial charge in [-0.1, -0.05) is 0 Å². The van der Waals surface area contributed by atoms with E-state index >= 15 is 0 Å². The molecule has 22 heteroatoms. The molecule has 2 rings (SSSR count). The van der Waals surface area contributed by atoms with Crippen molar-refractivity contribution in [1.82, 2.24) is 9.55 Å². The summed E-state index contributed by atoms with van der Waals surface area (Å²) in [4.78, 5) is 50.9. The lowest BCUT2D eigenvalue weighted by Gasteiger charge is -2.31. The fraction of sp³-hybridized carbons (Fsp3) is 0.636. The van der Waals surface area contributed by atoms with E-state index in [0.29, 0.717) is 4.57 Å². The number of phosphoric acid groups is 3. The highest BCUT2D eigenvalue weighted by Gasteiger charge is 2.65. The standard InChI is InChI=1S/C11H18F2N3O14P3/c12-3-10(5-27-32(23,24)30-33(25,26)29-31(20,21)22)7(17)11(19,4-13)8(28-10)16-2-1-6(14)15-9(16)18/h1-2,7-8,17,19H,3-5H2,(H,23,24)(H,25,26)(H2,14,15,18)(H2,20,21,22)/t7?,8-,10-,11-/m1/s1. The Morgan fingerprint density at radius 1 is 1.15 bits per heavy atom. The summed E-state index contributed by atoms with van der Waals surface area (Å²) in [7, 11) is -17.4. The third-order valence-corrected chi connectivity index (χ3v) is 7.96. The molecule has 1 aromatic heterocycles. The largest absolute Gasteiger partial charge is 0.490 e. The smallest absolute Gasteiger partial charge is 0.387 e. The summed E-state index contributed by atoms with van der Waals surface area (Å²) in [6, 6.07) is 1.01. The predicted octanol–water partition coefficient (Wildman–Crippen LogP) is -1.53. The van der Waals surface area contributed by atoms with E-state index in [0.717, 1.165) is 12.3 Å². The minimum Gasteiger partial charge on any atom is -0.387 e. The van der Waals surface area contributed by atoms with Gasteiger partial charge < -0.3 is 40.3 Å². The quantitative estimate of drug-likeness (QED) is 0.164. The second kappa shape index (κ2) is 9.47. The predicted molar refractivity (Wildman–Crippen MR) is 98.5 cm³/mol. The van der Waals surface area contributed by atoms with Crippen molar-refractivity contribution >= 4 is 29.3 Å². The van der Waals surface area contributed by atoms with Crippen LogP contribution >= 0.6 is 23.5 Å². The second-order valence-electron chi connectivity index (χ2n) is 6.60. The van der Waals surface area contributed by atoms with Crippen LogP contribution < -0.4 is 11.4 Å². The van der Waals surface area contributed by atoms with Gasteiger partial charge in [-0.2, -0.15) is 13.6 Å². The third-order valence-electron chi connectivity index (χ3n) is 4.18. The molecule has 0 spiro atoms. The van der Waals surface area contributed by atoms with Gasteiger partial charge in [0.05, 0.1) is 6.61 Å². The van der Waals surface area contributed by atoms with E-state index in [-0.39, 0.29) is 5.82 Å². The van der Waals surface area contributed by atoms with Gasteiger partial charge in [0.2, 0.25) is 0 Å². The first kappa shape index (κ1) is 28.1. The van der Waals surface area contributed by atoms with Crippen molar-refractivity contribution in [2.45, 2.75) is 23.5 Å². The van der Waals surface area contributed by atoms with E-state index in [1.165, 1.54) is 0 Å². The average molecular weight is 547 g/mol. The van der Waals surface area contributed by atoms with Crippen LogP contribution in [0.15, 0.2) is 17.1 Å². The molecule has 1 fully saturated rings. The number of rotatable bonds is 10. The Morgan fingerprint density at radius 3 is 2.24 bits per heavy atom. The number of hydrogen-bond donors (Lipinski definition) is 7. The highest BCUT2D eigenvalue weighted by atomic mass is 31.3. The number of ether oxygens (including phenoxy) is 1. The van der Waals surface area contributed by atoms with Crippen molar-refractivity contribution in [1.29, 1.82) is 0 Å². The van der Waals surface area contributed by atoms with Crippen LogP contribution in [0.4, 0.5) is 14.6 Å². The Balaban J connectivity index is 2.32. The van der Waals surface area contributed by atoms with Crippen molar-refractivity contribution in [3.8, 4) is 0 Å². The Kier molecular flexibility index (Phi) is 8.05. The van der Waals surface area contributed by atoms with Gasteiger partial charge in [-0.05, 0) is 6.07 Å². The maximum Gasteiger partial charge on any atom is 0.490 e. The number of aliphatic hydroxyl groups excluding tert-OH is 1. The Labute approximate surface area is 181 Å². The van der Waals surface area contributed by atoms with Crippen LogP contribution in [0.3, 0.4) is 0 Å². The van der Waals surface area contributed by atoms with Crippen LogP contribution in [0.25, 0.3) is 0 Å². The van der Waals surface area contributed by atoms with Gasteiger partial charge in [0.1, 0.15) is 25.3 Å². The lowest BCUT2D eigenvalue weighted by molar-refractivity contribution is -0.140. The van der Waals surface area contributed by atoms with Gasteiger partial charge in [0.15, 0.2) is 17.4 Å². The number of halogens is 2. The number of alkyl halides is 2. The van der Waals surface area contributed by atoms with Crippen molar-refractivity contribution in [2.75, 3.05) is 25.7 Å². The maximum absolute atomic E-state index is 13.9. The molecule has 1 aromatic rings. The summed E-state index contributed by atoms with van der Waals surface area (Å²) in [6.45, 7) is -5.27. The first-order valence-corrected chi connectivity index (χ1v) is 12.8. The van der Waals surface area contributed by atoms with Crippen molar-refractivity contribution < 1.29 is 70.1 Å². The third kappa shape index (κ3) is 6.29. The zero-order chi connectivity index (χ0) is 25.5. The van der Waals surface area contributed by atoms with Crippen molar-refractivity contribution in [2.24, 2.45) is 0 Å². The Bertz CT molecular complexity index is 1080. The van der Waals surface area contributed by atoms with Crippen LogP contribution in [-0.4, -0.2) is 76.6 Å². The lowest BCUT2D eigenvalue weighted by Crippen LogP contribution is -2.55. The molecule has 8 N–H and O–H groups in total. The normalized spacial score (nSPS) is 31.8. The molecule has 17 nitrogen and oxygen atoms in total. The zero-order valence-electron chi connectivity index (χ0n) is 15.9. The van der Waals surface area contributed by atoms with E-state index < -0.39 is 72.6 Å². The van der Waals surface area contributed by atoms with Gasteiger partial charge in [-0.25, -0.2) is 27.3 Å². The maximum atomic E-state index is 13.9. The number of aliphatic hydroxyl groups is 2. The molecule has 0 aliphatic carbocycles. The molecule has 33 heavy (non-hydrogen) atoms. The minimum atomic E-state index is -5.92. The van der Waals surface area contributed by atoms with E-state index in [4.69, 9.17) is 25.2 Å². The Morgan fingerprint density at radius 2 is 1.76 bits per heavy atom. The number of aromatic nitrogens is 2. The molecule has 0 aromatic carbocycles. The number of nitrogens with two attached hydrogens (primary N) is 1. The first-order chi connectivity index (χ1) is 14.9. The Hall–Kier alpha value is -1.17. The highest BCUT2D eigenvalue weighted by Crippen LogP contribution is 2.66. The molecule has 1 aliphatic heterocycles. The molecule has 1 aliphatic rings. The van der Waals surface area contributed by atoms with Crippen molar-refractivity contribution in [3.05, 3.63) is 22.7 Å². The van der Waals surface area contributed by atoms with Gasteiger partial charge in [0, 0.05) is 6.20 Å². The van der Waals surface area contributed by atoms with Crippen LogP contribution in [0.5, 0.6) is 0 Å². The monoisotopic (exact) mass is 547 g/mol. The minimum absolute atomic E-state index is 0.289. The molecule has 1 saturated heterocycles. The molecular weight excluding hydrogens is 529 g/mol. The summed E-state index contributed by atoms with van der Waals surface area (Å²) in [6.07, 6.45) is -3.89. The molecule has 0 bridgehead atoms. The number of nitrogen functional groups attached to an aromatic ring is 1. The summed E-state index contributed by atoms with van der Waals surface area (Å²) < 4.78 is 78.2. The average Bonchev–Trinajstić information content (AvgIpc) is 2.86.